The number of benzene rings is 1. The quantitative estimate of drug-likeness (QED) is 0.806. The number of anilines is 1. The van der Waals surface area contributed by atoms with Crippen molar-refractivity contribution in [2.24, 2.45) is 0 Å². The molecule has 0 atom stereocenters. The van der Waals surface area contributed by atoms with Crippen molar-refractivity contribution >= 4 is 5.69 Å². The normalized spacial score (nSPS) is 10.1. The minimum atomic E-state index is -0.241. The molecular weight excluding hydrogens is 181 g/mol. The Morgan fingerprint density at radius 2 is 2.14 bits per heavy atom. The maximum atomic E-state index is 12.8. The number of halogens is 1. The molecule has 0 saturated heterocycles. The first-order chi connectivity index (χ1) is 6.84. The number of nitrogens with one attached hydrogen (secondary N) is 1. The van der Waals surface area contributed by atoms with E-state index in [2.05, 4.69) is 5.32 Å². The Kier molecular flexibility index (Phi) is 2.49. The average molecular weight is 191 g/mol. The van der Waals surface area contributed by atoms with Crippen LogP contribution in [0.1, 0.15) is 5.76 Å². The molecule has 2 nitrogen and oxygen atoms in total. The van der Waals surface area contributed by atoms with Gasteiger partial charge in [0.2, 0.25) is 0 Å². The van der Waals surface area contributed by atoms with Crippen LogP contribution in [0.3, 0.4) is 0 Å². The van der Waals surface area contributed by atoms with Crippen LogP contribution in [-0.4, -0.2) is 0 Å². The second-order valence-corrected chi connectivity index (χ2v) is 2.94. The standard InChI is InChI=1S/C11H10FNO/c12-9-3-1-4-10(7-9)13-8-11-5-2-6-14-11/h1-7,13H,8H2. The van der Waals surface area contributed by atoms with Gasteiger partial charge in [0.1, 0.15) is 11.6 Å². The van der Waals surface area contributed by atoms with Gasteiger partial charge in [0.25, 0.3) is 0 Å². The zero-order valence-corrected chi connectivity index (χ0v) is 7.53. The van der Waals surface area contributed by atoms with Crippen LogP contribution in [0.5, 0.6) is 0 Å². The summed E-state index contributed by atoms with van der Waals surface area (Å²) in [5.41, 5.74) is 0.751. The summed E-state index contributed by atoms with van der Waals surface area (Å²) in [6, 6.07) is 10.0. The lowest BCUT2D eigenvalue weighted by atomic mass is 10.3. The van der Waals surface area contributed by atoms with Crippen LogP contribution in [0.15, 0.2) is 47.1 Å². The van der Waals surface area contributed by atoms with E-state index in [1.807, 2.05) is 18.2 Å². The summed E-state index contributed by atoms with van der Waals surface area (Å²) in [6.07, 6.45) is 1.61. The Morgan fingerprint density at radius 1 is 1.21 bits per heavy atom. The smallest absolute Gasteiger partial charge is 0.125 e. The molecule has 3 heteroatoms. The fourth-order valence-corrected chi connectivity index (χ4v) is 1.20. The zero-order valence-electron chi connectivity index (χ0n) is 7.53. The van der Waals surface area contributed by atoms with Crippen molar-refractivity contribution in [2.45, 2.75) is 6.54 Å². The lowest BCUT2D eigenvalue weighted by Crippen LogP contribution is -1.97. The third-order valence-electron chi connectivity index (χ3n) is 1.87. The van der Waals surface area contributed by atoms with Crippen molar-refractivity contribution in [1.29, 1.82) is 0 Å². The molecule has 0 spiro atoms. The highest BCUT2D eigenvalue weighted by atomic mass is 19.1. The van der Waals surface area contributed by atoms with Crippen LogP contribution >= 0.6 is 0 Å². The van der Waals surface area contributed by atoms with E-state index in [9.17, 15) is 4.39 Å². The van der Waals surface area contributed by atoms with Crippen molar-refractivity contribution in [1.82, 2.24) is 0 Å². The second kappa shape index (κ2) is 3.96. The Morgan fingerprint density at radius 3 is 2.86 bits per heavy atom. The SMILES string of the molecule is Fc1cccc(NCc2ccco2)c1. The van der Waals surface area contributed by atoms with E-state index in [0.29, 0.717) is 6.54 Å². The Labute approximate surface area is 81.4 Å². The molecule has 1 heterocycles. The van der Waals surface area contributed by atoms with Crippen molar-refractivity contribution in [3.05, 3.63) is 54.2 Å². The van der Waals surface area contributed by atoms with Crippen molar-refractivity contribution in [3.63, 3.8) is 0 Å². The Bertz CT molecular complexity index is 397. The topological polar surface area (TPSA) is 25.2 Å². The highest BCUT2D eigenvalue weighted by molar-refractivity contribution is 5.43. The van der Waals surface area contributed by atoms with Crippen LogP contribution in [0, 0.1) is 5.82 Å². The summed E-state index contributed by atoms with van der Waals surface area (Å²) in [5, 5.41) is 3.05. The molecule has 2 rings (SSSR count). The maximum Gasteiger partial charge on any atom is 0.125 e. The van der Waals surface area contributed by atoms with Crippen LogP contribution in [0.25, 0.3) is 0 Å². The average Bonchev–Trinajstić information content (AvgIpc) is 2.67. The molecule has 14 heavy (non-hydrogen) atoms. The molecule has 0 bridgehead atoms. The largest absolute Gasteiger partial charge is 0.467 e. The van der Waals surface area contributed by atoms with Gasteiger partial charge >= 0.3 is 0 Å². The minimum absolute atomic E-state index is 0.241. The van der Waals surface area contributed by atoms with E-state index in [1.54, 1.807) is 12.3 Å². The lowest BCUT2D eigenvalue weighted by molar-refractivity contribution is 0.518. The Balaban J connectivity index is 1.98. The third-order valence-corrected chi connectivity index (χ3v) is 1.87. The number of furan rings is 1. The molecule has 1 N–H and O–H groups in total. The molecule has 0 aliphatic heterocycles. The van der Waals surface area contributed by atoms with Crippen molar-refractivity contribution < 1.29 is 8.81 Å². The van der Waals surface area contributed by atoms with E-state index in [-0.39, 0.29) is 5.82 Å². The fraction of sp³-hybridized carbons (Fsp3) is 0.0909. The van der Waals surface area contributed by atoms with Gasteiger partial charge in [-0.15, -0.1) is 0 Å². The highest BCUT2D eigenvalue weighted by Crippen LogP contribution is 2.10. The summed E-state index contributed by atoms with van der Waals surface area (Å²) < 4.78 is 17.9. The molecule has 0 radical (unpaired) electrons. The molecule has 2 aromatic rings. The van der Waals surface area contributed by atoms with Gasteiger partial charge in [-0.05, 0) is 30.3 Å². The Hall–Kier alpha value is -1.77. The van der Waals surface area contributed by atoms with Crippen LogP contribution in [-0.2, 0) is 6.54 Å². The minimum Gasteiger partial charge on any atom is -0.467 e. The van der Waals surface area contributed by atoms with Crippen molar-refractivity contribution in [2.75, 3.05) is 5.32 Å². The number of rotatable bonds is 3. The first kappa shape index (κ1) is 8.81. The molecule has 0 aliphatic carbocycles. The molecule has 1 aromatic heterocycles. The summed E-state index contributed by atoms with van der Waals surface area (Å²) in [6.45, 7) is 0.566. The van der Waals surface area contributed by atoms with E-state index in [1.165, 1.54) is 12.1 Å². The molecule has 0 unspecified atom stereocenters. The van der Waals surface area contributed by atoms with E-state index < -0.39 is 0 Å². The zero-order chi connectivity index (χ0) is 9.80. The third kappa shape index (κ3) is 2.13. The molecule has 0 amide bonds. The van der Waals surface area contributed by atoms with Gasteiger partial charge in [-0.2, -0.15) is 0 Å². The molecule has 0 saturated carbocycles. The van der Waals surface area contributed by atoms with Gasteiger partial charge < -0.3 is 9.73 Å². The van der Waals surface area contributed by atoms with Gasteiger partial charge in [0.05, 0.1) is 12.8 Å². The van der Waals surface area contributed by atoms with E-state index in [4.69, 9.17) is 4.42 Å². The lowest BCUT2D eigenvalue weighted by Gasteiger charge is -2.03. The van der Waals surface area contributed by atoms with Crippen molar-refractivity contribution in [3.8, 4) is 0 Å². The first-order valence-electron chi connectivity index (χ1n) is 4.36. The van der Waals surface area contributed by atoms with Crippen LogP contribution < -0.4 is 5.32 Å². The van der Waals surface area contributed by atoms with Gasteiger partial charge in [0.15, 0.2) is 0 Å². The van der Waals surface area contributed by atoms with Gasteiger partial charge in [-0.3, -0.25) is 0 Å². The summed E-state index contributed by atoms with van der Waals surface area (Å²) in [4.78, 5) is 0. The predicted octanol–water partition coefficient (Wildman–Crippen LogP) is 3.03. The monoisotopic (exact) mass is 191 g/mol. The van der Waals surface area contributed by atoms with Gasteiger partial charge in [-0.1, -0.05) is 6.07 Å². The molecule has 1 aromatic carbocycles. The summed E-state index contributed by atoms with van der Waals surface area (Å²) in [7, 11) is 0. The highest BCUT2D eigenvalue weighted by Gasteiger charge is 1.96. The fourth-order valence-electron chi connectivity index (χ4n) is 1.20. The van der Waals surface area contributed by atoms with Crippen LogP contribution in [0.2, 0.25) is 0 Å². The van der Waals surface area contributed by atoms with E-state index >= 15 is 0 Å². The molecule has 72 valence electrons. The molecular formula is C11H10FNO. The first-order valence-corrected chi connectivity index (χ1v) is 4.36. The van der Waals surface area contributed by atoms with E-state index in [0.717, 1.165) is 11.4 Å². The summed E-state index contributed by atoms with van der Waals surface area (Å²) >= 11 is 0. The predicted molar refractivity (Wildman–Crippen MR) is 52.4 cm³/mol. The number of hydrogen-bond donors (Lipinski definition) is 1. The maximum absolute atomic E-state index is 12.8. The van der Waals surface area contributed by atoms with Gasteiger partial charge in [-0.25, -0.2) is 4.39 Å². The number of hydrogen-bond acceptors (Lipinski definition) is 2. The summed E-state index contributed by atoms with van der Waals surface area (Å²) in [5.74, 6) is 0.587. The molecule has 0 fully saturated rings. The van der Waals surface area contributed by atoms with Crippen LogP contribution in [0.4, 0.5) is 10.1 Å². The molecule has 0 aliphatic rings. The van der Waals surface area contributed by atoms with Gasteiger partial charge in [0, 0.05) is 5.69 Å². The second-order valence-electron chi connectivity index (χ2n) is 2.94.